The first-order valence-corrected chi connectivity index (χ1v) is 3.81. The van der Waals surface area contributed by atoms with Crippen molar-refractivity contribution >= 4 is 5.97 Å². The highest BCUT2D eigenvalue weighted by molar-refractivity contribution is 5.66. The summed E-state index contributed by atoms with van der Waals surface area (Å²) in [6.07, 6.45) is 1.21. The molecule has 0 amide bonds. The Morgan fingerprint density at radius 3 is 2.82 bits per heavy atom. The first-order chi connectivity index (χ1) is 5.18. The standard InChI is InChI=1S/C7H13NO3/c9-6-3-5(8-4-6)1-2-7(10)11/h5-6,8-9H,1-4H2,(H,10,11). The maximum atomic E-state index is 10.1. The molecule has 2 unspecified atom stereocenters. The number of carbonyl (C=O) groups is 1. The number of aliphatic hydroxyl groups excluding tert-OH is 1. The van der Waals surface area contributed by atoms with Gasteiger partial charge in [0.15, 0.2) is 0 Å². The molecule has 0 radical (unpaired) electrons. The van der Waals surface area contributed by atoms with Crippen molar-refractivity contribution < 1.29 is 15.0 Å². The summed E-state index contributed by atoms with van der Waals surface area (Å²) < 4.78 is 0. The Labute approximate surface area is 65.2 Å². The zero-order valence-corrected chi connectivity index (χ0v) is 6.29. The summed E-state index contributed by atoms with van der Waals surface area (Å²) in [5, 5.41) is 20.5. The van der Waals surface area contributed by atoms with Crippen LogP contribution in [0.2, 0.25) is 0 Å². The van der Waals surface area contributed by atoms with Crippen LogP contribution in [0.25, 0.3) is 0 Å². The maximum absolute atomic E-state index is 10.1. The van der Waals surface area contributed by atoms with Crippen molar-refractivity contribution in [3.05, 3.63) is 0 Å². The van der Waals surface area contributed by atoms with Crippen LogP contribution in [0.1, 0.15) is 19.3 Å². The highest BCUT2D eigenvalue weighted by Gasteiger charge is 2.21. The van der Waals surface area contributed by atoms with Gasteiger partial charge in [0.2, 0.25) is 0 Å². The predicted octanol–water partition coefficient (Wildman–Crippen LogP) is -0.426. The number of β-amino-alcohol motifs (C(OH)–C–C–N with tert-alkyl or cyclic N) is 1. The van der Waals surface area contributed by atoms with Crippen molar-refractivity contribution in [2.45, 2.75) is 31.4 Å². The Morgan fingerprint density at radius 2 is 2.36 bits per heavy atom. The lowest BCUT2D eigenvalue weighted by Crippen LogP contribution is -2.22. The second kappa shape index (κ2) is 3.69. The average molecular weight is 159 g/mol. The highest BCUT2D eigenvalue weighted by Crippen LogP contribution is 2.11. The number of hydrogen-bond acceptors (Lipinski definition) is 3. The monoisotopic (exact) mass is 159 g/mol. The predicted molar refractivity (Wildman–Crippen MR) is 39.3 cm³/mol. The van der Waals surface area contributed by atoms with E-state index >= 15 is 0 Å². The molecule has 0 aromatic carbocycles. The van der Waals surface area contributed by atoms with Gasteiger partial charge in [0.25, 0.3) is 0 Å². The largest absolute Gasteiger partial charge is 0.481 e. The Balaban J connectivity index is 2.13. The van der Waals surface area contributed by atoms with Gasteiger partial charge in [-0.2, -0.15) is 0 Å². The van der Waals surface area contributed by atoms with Gasteiger partial charge in [0.05, 0.1) is 6.10 Å². The quantitative estimate of drug-likeness (QED) is 0.523. The molecule has 4 nitrogen and oxygen atoms in total. The fraction of sp³-hybridized carbons (Fsp3) is 0.857. The van der Waals surface area contributed by atoms with Crippen LogP contribution in [0.15, 0.2) is 0 Å². The summed E-state index contributed by atoms with van der Waals surface area (Å²) in [5.41, 5.74) is 0. The molecule has 3 N–H and O–H groups in total. The number of nitrogens with one attached hydrogen (secondary N) is 1. The van der Waals surface area contributed by atoms with E-state index in [1.165, 1.54) is 0 Å². The molecule has 0 aromatic rings. The van der Waals surface area contributed by atoms with E-state index in [2.05, 4.69) is 5.32 Å². The molecule has 2 atom stereocenters. The Morgan fingerprint density at radius 1 is 1.64 bits per heavy atom. The summed E-state index contributed by atoms with van der Waals surface area (Å²) >= 11 is 0. The molecule has 1 rings (SSSR count). The molecule has 1 fully saturated rings. The van der Waals surface area contributed by atoms with E-state index in [4.69, 9.17) is 10.2 Å². The zero-order valence-electron chi connectivity index (χ0n) is 6.29. The lowest BCUT2D eigenvalue weighted by molar-refractivity contribution is -0.137. The first kappa shape index (κ1) is 8.49. The van der Waals surface area contributed by atoms with Crippen molar-refractivity contribution in [3.8, 4) is 0 Å². The van der Waals surface area contributed by atoms with Gasteiger partial charge in [-0.1, -0.05) is 0 Å². The fourth-order valence-electron chi connectivity index (χ4n) is 1.32. The SMILES string of the molecule is O=C(O)CCC1CC(O)CN1. The molecule has 64 valence electrons. The van der Waals surface area contributed by atoms with E-state index in [9.17, 15) is 4.79 Å². The number of aliphatic hydroxyl groups is 1. The van der Waals surface area contributed by atoms with Gasteiger partial charge < -0.3 is 15.5 Å². The molecule has 1 aliphatic heterocycles. The fourth-order valence-corrected chi connectivity index (χ4v) is 1.32. The third-order valence-corrected chi connectivity index (χ3v) is 1.91. The third kappa shape index (κ3) is 2.86. The van der Waals surface area contributed by atoms with Crippen molar-refractivity contribution in [1.29, 1.82) is 0 Å². The zero-order chi connectivity index (χ0) is 8.27. The smallest absolute Gasteiger partial charge is 0.303 e. The molecule has 1 aliphatic rings. The Kier molecular flexibility index (Phi) is 2.84. The number of carboxylic acids is 1. The van der Waals surface area contributed by atoms with Gasteiger partial charge in [-0.3, -0.25) is 4.79 Å². The number of aliphatic carboxylic acids is 1. The van der Waals surface area contributed by atoms with Crippen LogP contribution in [0.3, 0.4) is 0 Å². The molecule has 0 aromatic heterocycles. The second-order valence-electron chi connectivity index (χ2n) is 2.93. The Hall–Kier alpha value is -0.610. The summed E-state index contributed by atoms with van der Waals surface area (Å²) in [5.74, 6) is -0.770. The van der Waals surface area contributed by atoms with Gasteiger partial charge in [-0.15, -0.1) is 0 Å². The van der Waals surface area contributed by atoms with Crippen LogP contribution in [0, 0.1) is 0 Å². The summed E-state index contributed by atoms with van der Waals surface area (Å²) in [6.45, 7) is 0.601. The summed E-state index contributed by atoms with van der Waals surface area (Å²) in [4.78, 5) is 10.1. The van der Waals surface area contributed by atoms with Gasteiger partial charge in [0.1, 0.15) is 0 Å². The third-order valence-electron chi connectivity index (χ3n) is 1.91. The van der Waals surface area contributed by atoms with Crippen LogP contribution >= 0.6 is 0 Å². The van der Waals surface area contributed by atoms with E-state index in [0.717, 1.165) is 0 Å². The minimum Gasteiger partial charge on any atom is -0.481 e. The van der Waals surface area contributed by atoms with E-state index < -0.39 is 5.97 Å². The lowest BCUT2D eigenvalue weighted by Gasteiger charge is -2.06. The second-order valence-corrected chi connectivity index (χ2v) is 2.93. The van der Waals surface area contributed by atoms with Crippen LogP contribution < -0.4 is 5.32 Å². The van der Waals surface area contributed by atoms with E-state index in [1.807, 2.05) is 0 Å². The van der Waals surface area contributed by atoms with Gasteiger partial charge in [0, 0.05) is 19.0 Å². The van der Waals surface area contributed by atoms with Crippen LogP contribution in [-0.4, -0.2) is 34.9 Å². The van der Waals surface area contributed by atoms with Crippen molar-refractivity contribution in [1.82, 2.24) is 5.32 Å². The van der Waals surface area contributed by atoms with E-state index in [1.54, 1.807) is 0 Å². The van der Waals surface area contributed by atoms with Gasteiger partial charge in [-0.25, -0.2) is 0 Å². The molecular weight excluding hydrogens is 146 g/mol. The summed E-state index contributed by atoms with van der Waals surface area (Å²) in [7, 11) is 0. The molecule has 0 saturated carbocycles. The molecule has 1 saturated heterocycles. The Bertz CT molecular complexity index is 149. The maximum Gasteiger partial charge on any atom is 0.303 e. The molecule has 11 heavy (non-hydrogen) atoms. The lowest BCUT2D eigenvalue weighted by atomic mass is 10.1. The molecule has 4 heteroatoms. The average Bonchev–Trinajstić information content (AvgIpc) is 2.31. The van der Waals surface area contributed by atoms with Crippen molar-refractivity contribution in [3.63, 3.8) is 0 Å². The van der Waals surface area contributed by atoms with Crippen molar-refractivity contribution in [2.24, 2.45) is 0 Å². The highest BCUT2D eigenvalue weighted by atomic mass is 16.4. The van der Waals surface area contributed by atoms with Crippen molar-refractivity contribution in [2.75, 3.05) is 6.54 Å². The minimum atomic E-state index is -0.770. The minimum absolute atomic E-state index is 0.185. The van der Waals surface area contributed by atoms with Crippen LogP contribution in [0.4, 0.5) is 0 Å². The summed E-state index contributed by atoms with van der Waals surface area (Å²) in [6, 6.07) is 0.195. The number of hydrogen-bond donors (Lipinski definition) is 3. The molecule has 1 heterocycles. The van der Waals surface area contributed by atoms with Gasteiger partial charge >= 0.3 is 5.97 Å². The molecule has 0 aliphatic carbocycles. The van der Waals surface area contributed by atoms with Crippen LogP contribution in [0.5, 0.6) is 0 Å². The molecular formula is C7H13NO3. The molecule has 0 spiro atoms. The van der Waals surface area contributed by atoms with Gasteiger partial charge in [-0.05, 0) is 12.8 Å². The normalized spacial score (nSPS) is 30.6. The number of rotatable bonds is 3. The number of carboxylic acid groups (broad SMARTS) is 1. The van der Waals surface area contributed by atoms with E-state index in [0.29, 0.717) is 19.4 Å². The van der Waals surface area contributed by atoms with Crippen LogP contribution in [-0.2, 0) is 4.79 Å². The van der Waals surface area contributed by atoms with E-state index in [-0.39, 0.29) is 18.6 Å². The first-order valence-electron chi connectivity index (χ1n) is 3.81. The topological polar surface area (TPSA) is 69.6 Å². The molecule has 0 bridgehead atoms.